The van der Waals surface area contributed by atoms with Crippen LogP contribution in [0.4, 0.5) is 0 Å². The number of carboxylic acid groups (broad SMARTS) is 4. The Balaban J connectivity index is 0. The van der Waals surface area contributed by atoms with Crippen molar-refractivity contribution in [2.24, 2.45) is 17.6 Å². The lowest BCUT2D eigenvalue weighted by Gasteiger charge is -2.09. The fourth-order valence-electron chi connectivity index (χ4n) is 0.717. The second-order valence-corrected chi connectivity index (χ2v) is 3.83. The minimum Gasteiger partial charge on any atom is -0.481 e. The summed E-state index contributed by atoms with van der Waals surface area (Å²) in [5.74, 6) is -6.48. The van der Waals surface area contributed by atoms with Crippen molar-refractivity contribution in [3.63, 3.8) is 0 Å². The second kappa shape index (κ2) is 8.86. The highest BCUT2D eigenvalue weighted by Gasteiger charge is 2.25. The van der Waals surface area contributed by atoms with Crippen LogP contribution < -0.4 is 5.73 Å². The number of hydrogen-bond donors (Lipinski definition) is 5. The fourth-order valence-corrected chi connectivity index (χ4v) is 0.717. The van der Waals surface area contributed by atoms with Gasteiger partial charge in [-0.3, -0.25) is 19.2 Å². The van der Waals surface area contributed by atoms with Crippen LogP contribution in [-0.2, 0) is 19.2 Å². The smallest absolute Gasteiger partial charge is 0.321 e. The van der Waals surface area contributed by atoms with Crippen LogP contribution in [0.5, 0.6) is 0 Å². The normalized spacial score (nSPS) is 14.3. The van der Waals surface area contributed by atoms with Crippen molar-refractivity contribution in [2.75, 3.05) is 0 Å². The first kappa shape index (κ1) is 19.2. The van der Waals surface area contributed by atoms with Crippen LogP contribution in [0.15, 0.2) is 0 Å². The van der Waals surface area contributed by atoms with Gasteiger partial charge in [0.1, 0.15) is 6.04 Å². The van der Waals surface area contributed by atoms with Gasteiger partial charge in [-0.05, 0) is 6.92 Å². The molecule has 0 saturated heterocycles. The average molecular weight is 279 g/mol. The highest BCUT2D eigenvalue weighted by Crippen LogP contribution is 2.00. The Morgan fingerprint density at radius 3 is 1.42 bits per heavy atom. The molecule has 9 nitrogen and oxygen atoms in total. The van der Waals surface area contributed by atoms with E-state index in [1.54, 1.807) is 0 Å². The molecule has 0 saturated carbocycles. The van der Waals surface area contributed by atoms with Crippen LogP contribution in [0.1, 0.15) is 20.3 Å². The van der Waals surface area contributed by atoms with Crippen LogP contribution in [0.25, 0.3) is 0 Å². The third kappa shape index (κ3) is 9.53. The Labute approximate surface area is 108 Å². The van der Waals surface area contributed by atoms with E-state index >= 15 is 0 Å². The maximum Gasteiger partial charge on any atom is 0.321 e. The Hall–Kier alpha value is -2.16. The molecular weight excluding hydrogens is 262 g/mol. The average Bonchev–Trinajstić information content (AvgIpc) is 2.26. The molecule has 0 aliphatic carbocycles. The van der Waals surface area contributed by atoms with Gasteiger partial charge in [-0.2, -0.15) is 0 Å². The van der Waals surface area contributed by atoms with E-state index in [9.17, 15) is 19.2 Å². The summed E-state index contributed by atoms with van der Waals surface area (Å²) in [6.07, 6.45) is -0.310. The van der Waals surface area contributed by atoms with Gasteiger partial charge in [0.05, 0.1) is 18.3 Å². The maximum atomic E-state index is 10.1. The van der Waals surface area contributed by atoms with Crippen LogP contribution in [-0.4, -0.2) is 50.3 Å². The third-order valence-corrected chi connectivity index (χ3v) is 2.12. The molecule has 3 unspecified atom stereocenters. The molecule has 0 aromatic rings. The van der Waals surface area contributed by atoms with Crippen molar-refractivity contribution in [2.45, 2.75) is 26.3 Å². The first-order valence-corrected chi connectivity index (χ1v) is 5.16. The maximum absolute atomic E-state index is 10.1. The Morgan fingerprint density at radius 1 is 0.895 bits per heavy atom. The molecule has 0 aromatic heterocycles. The number of carboxylic acids is 4. The van der Waals surface area contributed by atoms with Crippen LogP contribution >= 0.6 is 0 Å². The molecular formula is C10H17NO8. The molecule has 0 radical (unpaired) electrons. The molecule has 0 aromatic carbocycles. The Bertz CT molecular complexity index is 335. The standard InChI is InChI=1S/C5H9NO4.C5H8O4/c1-2(4(7)8)3(6)5(9)10;1-3(5(8)9)2-4(6)7/h2-3H,6H2,1H3,(H,7,8)(H,9,10);3H,2H2,1H3,(H,6,7)(H,8,9). The summed E-state index contributed by atoms with van der Waals surface area (Å²) in [6, 6.07) is -1.32. The second-order valence-electron chi connectivity index (χ2n) is 3.83. The molecule has 0 aliphatic heterocycles. The van der Waals surface area contributed by atoms with Crippen LogP contribution in [0.2, 0.25) is 0 Å². The molecule has 0 aliphatic rings. The predicted molar refractivity (Wildman–Crippen MR) is 61.5 cm³/mol. The summed E-state index contributed by atoms with van der Waals surface area (Å²) in [7, 11) is 0. The lowest BCUT2D eigenvalue weighted by Crippen LogP contribution is -2.40. The van der Waals surface area contributed by atoms with Gasteiger partial charge in [0.25, 0.3) is 0 Å². The first-order chi connectivity index (χ1) is 8.50. The van der Waals surface area contributed by atoms with Gasteiger partial charge in [0, 0.05) is 0 Å². The molecule has 0 spiro atoms. The summed E-state index contributed by atoms with van der Waals surface area (Å²) >= 11 is 0. The van der Waals surface area contributed by atoms with Gasteiger partial charge < -0.3 is 26.2 Å². The van der Waals surface area contributed by atoms with E-state index in [0.717, 1.165) is 0 Å². The molecule has 0 bridgehead atoms. The zero-order valence-corrected chi connectivity index (χ0v) is 10.4. The number of aliphatic carboxylic acids is 4. The number of nitrogens with two attached hydrogens (primary N) is 1. The van der Waals surface area contributed by atoms with Crippen molar-refractivity contribution in [1.82, 2.24) is 0 Å². The summed E-state index contributed by atoms with van der Waals surface area (Å²) in [5, 5.41) is 32.7. The Morgan fingerprint density at radius 2 is 1.32 bits per heavy atom. The monoisotopic (exact) mass is 279 g/mol. The number of carbonyl (C=O) groups is 4. The summed E-state index contributed by atoms with van der Waals surface area (Å²) in [4.78, 5) is 40.0. The van der Waals surface area contributed by atoms with Gasteiger partial charge in [-0.25, -0.2) is 0 Å². The van der Waals surface area contributed by atoms with E-state index in [2.05, 4.69) is 0 Å². The lowest BCUT2D eigenvalue weighted by atomic mass is 10.0. The zero-order valence-electron chi connectivity index (χ0n) is 10.4. The number of rotatable bonds is 6. The Kier molecular flexibility index (Phi) is 8.95. The quantitative estimate of drug-likeness (QED) is 0.420. The van der Waals surface area contributed by atoms with E-state index in [-0.39, 0.29) is 6.42 Å². The summed E-state index contributed by atoms with van der Waals surface area (Å²) < 4.78 is 0. The van der Waals surface area contributed by atoms with Gasteiger partial charge >= 0.3 is 23.9 Å². The van der Waals surface area contributed by atoms with Crippen molar-refractivity contribution in [3.05, 3.63) is 0 Å². The highest BCUT2D eigenvalue weighted by atomic mass is 16.4. The summed E-state index contributed by atoms with van der Waals surface area (Å²) in [6.45, 7) is 2.61. The topological polar surface area (TPSA) is 175 Å². The molecule has 0 fully saturated rings. The van der Waals surface area contributed by atoms with Crippen molar-refractivity contribution < 1.29 is 39.6 Å². The molecule has 19 heavy (non-hydrogen) atoms. The summed E-state index contributed by atoms with van der Waals surface area (Å²) in [5.41, 5.74) is 4.98. The zero-order chi connectivity index (χ0) is 15.7. The number of hydrogen-bond acceptors (Lipinski definition) is 5. The largest absolute Gasteiger partial charge is 0.481 e. The molecule has 0 rings (SSSR count). The highest BCUT2D eigenvalue weighted by molar-refractivity contribution is 5.82. The minimum absolute atomic E-state index is 0.310. The van der Waals surface area contributed by atoms with Crippen molar-refractivity contribution in [3.8, 4) is 0 Å². The SMILES string of the molecule is CC(C(=O)O)C(N)C(=O)O.CC(CC(=O)O)C(=O)O. The van der Waals surface area contributed by atoms with Crippen molar-refractivity contribution in [1.29, 1.82) is 0 Å². The van der Waals surface area contributed by atoms with Crippen LogP contribution in [0, 0.1) is 11.8 Å². The van der Waals surface area contributed by atoms with Gasteiger partial charge in [-0.15, -0.1) is 0 Å². The van der Waals surface area contributed by atoms with E-state index in [0.29, 0.717) is 0 Å². The van der Waals surface area contributed by atoms with Crippen LogP contribution in [0.3, 0.4) is 0 Å². The predicted octanol–water partition coefficient (Wildman–Crippen LogP) is -0.699. The molecule has 0 amide bonds. The van der Waals surface area contributed by atoms with E-state index in [1.165, 1.54) is 13.8 Å². The first-order valence-electron chi connectivity index (χ1n) is 5.16. The molecule has 3 atom stereocenters. The molecule has 6 N–H and O–H groups in total. The van der Waals surface area contributed by atoms with E-state index in [1.807, 2.05) is 0 Å². The van der Waals surface area contributed by atoms with Crippen molar-refractivity contribution >= 4 is 23.9 Å². The van der Waals surface area contributed by atoms with Gasteiger partial charge in [0.2, 0.25) is 0 Å². The van der Waals surface area contributed by atoms with Gasteiger partial charge in [-0.1, -0.05) is 6.92 Å². The third-order valence-electron chi connectivity index (χ3n) is 2.12. The molecule has 0 heterocycles. The minimum atomic E-state index is -1.32. The lowest BCUT2D eigenvalue weighted by molar-refractivity contribution is -0.149. The van der Waals surface area contributed by atoms with E-state index < -0.39 is 41.8 Å². The molecule has 110 valence electrons. The fraction of sp³-hybridized carbons (Fsp3) is 0.600. The van der Waals surface area contributed by atoms with Gasteiger partial charge in [0.15, 0.2) is 0 Å². The molecule has 9 heteroatoms. The van der Waals surface area contributed by atoms with E-state index in [4.69, 9.17) is 26.2 Å².